The number of anilines is 1. The van der Waals surface area contributed by atoms with Crippen molar-refractivity contribution in [3.05, 3.63) is 57.2 Å². The van der Waals surface area contributed by atoms with Gasteiger partial charge >= 0.3 is 0 Å². The van der Waals surface area contributed by atoms with E-state index in [2.05, 4.69) is 20.4 Å². The van der Waals surface area contributed by atoms with E-state index in [1.165, 1.54) is 11.3 Å². The molecule has 1 aliphatic heterocycles. The lowest BCUT2D eigenvalue weighted by atomic mass is 10.1. The molecule has 7 heteroatoms. The molecule has 3 heterocycles. The van der Waals surface area contributed by atoms with Gasteiger partial charge in [-0.2, -0.15) is 5.10 Å². The molecule has 134 valence electrons. The number of benzene rings is 1. The SMILES string of the molecule is Cc1ccsc1C(=O)NC1CCN(c2cc(-c3ccc(Cl)cc3)[nH]n2)C1. The molecule has 1 fully saturated rings. The molecule has 1 saturated heterocycles. The molecule has 1 amide bonds. The third kappa shape index (κ3) is 3.48. The number of amides is 1. The molecule has 0 spiro atoms. The number of rotatable bonds is 4. The van der Waals surface area contributed by atoms with E-state index in [-0.39, 0.29) is 11.9 Å². The van der Waals surface area contributed by atoms with Crippen LogP contribution in [0.5, 0.6) is 0 Å². The summed E-state index contributed by atoms with van der Waals surface area (Å²) in [5.74, 6) is 0.923. The van der Waals surface area contributed by atoms with E-state index in [4.69, 9.17) is 11.6 Å². The first-order valence-corrected chi connectivity index (χ1v) is 9.77. The van der Waals surface area contributed by atoms with Crippen molar-refractivity contribution in [2.75, 3.05) is 18.0 Å². The number of nitrogens with zero attached hydrogens (tertiary/aromatic N) is 2. The van der Waals surface area contributed by atoms with Crippen molar-refractivity contribution in [2.24, 2.45) is 0 Å². The van der Waals surface area contributed by atoms with Crippen molar-refractivity contribution in [3.8, 4) is 11.3 Å². The lowest BCUT2D eigenvalue weighted by Crippen LogP contribution is -2.37. The minimum atomic E-state index is 0.0215. The van der Waals surface area contributed by atoms with Gasteiger partial charge in [0.25, 0.3) is 5.91 Å². The van der Waals surface area contributed by atoms with Gasteiger partial charge in [0.05, 0.1) is 10.6 Å². The van der Waals surface area contributed by atoms with Crippen LogP contribution >= 0.6 is 22.9 Å². The first-order chi connectivity index (χ1) is 12.6. The number of nitrogens with one attached hydrogen (secondary N) is 2. The van der Waals surface area contributed by atoms with Gasteiger partial charge < -0.3 is 10.2 Å². The number of carbonyl (C=O) groups excluding carboxylic acids is 1. The maximum atomic E-state index is 12.4. The van der Waals surface area contributed by atoms with Gasteiger partial charge in [-0.15, -0.1) is 11.3 Å². The zero-order chi connectivity index (χ0) is 18.1. The van der Waals surface area contributed by atoms with Gasteiger partial charge in [0.15, 0.2) is 5.82 Å². The summed E-state index contributed by atoms with van der Waals surface area (Å²) < 4.78 is 0. The zero-order valence-corrected chi connectivity index (χ0v) is 15.9. The third-order valence-electron chi connectivity index (χ3n) is 4.64. The van der Waals surface area contributed by atoms with Crippen LogP contribution in [-0.4, -0.2) is 35.2 Å². The minimum Gasteiger partial charge on any atom is -0.353 e. The van der Waals surface area contributed by atoms with Crippen LogP contribution in [0.15, 0.2) is 41.8 Å². The van der Waals surface area contributed by atoms with Crippen LogP contribution in [0.25, 0.3) is 11.3 Å². The average molecular weight is 387 g/mol. The Labute approximate surface area is 161 Å². The lowest BCUT2D eigenvalue weighted by molar-refractivity contribution is 0.0944. The van der Waals surface area contributed by atoms with E-state index in [9.17, 15) is 4.79 Å². The summed E-state index contributed by atoms with van der Waals surface area (Å²) in [6.45, 7) is 3.61. The molecule has 26 heavy (non-hydrogen) atoms. The Morgan fingerprint density at radius 2 is 2.15 bits per heavy atom. The van der Waals surface area contributed by atoms with Crippen LogP contribution in [0.4, 0.5) is 5.82 Å². The molecule has 1 aromatic carbocycles. The highest BCUT2D eigenvalue weighted by Crippen LogP contribution is 2.26. The van der Waals surface area contributed by atoms with Gasteiger partial charge in [0.1, 0.15) is 0 Å². The fourth-order valence-corrected chi connectivity index (χ4v) is 4.15. The summed E-state index contributed by atoms with van der Waals surface area (Å²) in [4.78, 5) is 15.4. The van der Waals surface area contributed by atoms with Crippen molar-refractivity contribution in [1.29, 1.82) is 0 Å². The molecule has 0 saturated carbocycles. The highest BCUT2D eigenvalue weighted by molar-refractivity contribution is 7.12. The minimum absolute atomic E-state index is 0.0215. The number of aryl methyl sites for hydroxylation is 1. The molecule has 2 aromatic heterocycles. The predicted molar refractivity (Wildman–Crippen MR) is 106 cm³/mol. The first-order valence-electron chi connectivity index (χ1n) is 8.51. The maximum absolute atomic E-state index is 12.4. The van der Waals surface area contributed by atoms with Crippen LogP contribution in [-0.2, 0) is 0 Å². The van der Waals surface area contributed by atoms with Crippen LogP contribution in [0, 0.1) is 6.92 Å². The molecular weight excluding hydrogens is 368 g/mol. The maximum Gasteiger partial charge on any atom is 0.261 e. The Morgan fingerprint density at radius 3 is 2.88 bits per heavy atom. The number of hydrogen-bond donors (Lipinski definition) is 2. The number of thiophene rings is 1. The summed E-state index contributed by atoms with van der Waals surface area (Å²) >= 11 is 7.43. The normalized spacial score (nSPS) is 16.8. The summed E-state index contributed by atoms with van der Waals surface area (Å²) in [5.41, 5.74) is 3.03. The standard InChI is InChI=1S/C19H19ClN4OS/c1-12-7-9-26-18(12)19(25)21-15-6-8-24(11-15)17-10-16(22-23-17)13-2-4-14(20)5-3-13/h2-5,7,9-10,15H,6,8,11H2,1H3,(H,21,25)(H,22,23). The lowest BCUT2D eigenvalue weighted by Gasteiger charge is -2.16. The highest BCUT2D eigenvalue weighted by Gasteiger charge is 2.26. The van der Waals surface area contributed by atoms with Crippen molar-refractivity contribution in [2.45, 2.75) is 19.4 Å². The summed E-state index contributed by atoms with van der Waals surface area (Å²) in [6, 6.07) is 11.8. The Bertz CT molecular complexity index is 918. The van der Waals surface area contributed by atoms with Gasteiger partial charge in [0.2, 0.25) is 0 Å². The first kappa shape index (κ1) is 17.1. The topological polar surface area (TPSA) is 61.0 Å². The van der Waals surface area contributed by atoms with Gasteiger partial charge in [-0.25, -0.2) is 0 Å². The molecule has 2 N–H and O–H groups in total. The Hall–Kier alpha value is -2.31. The smallest absolute Gasteiger partial charge is 0.261 e. The molecule has 3 aromatic rings. The van der Waals surface area contributed by atoms with Crippen molar-refractivity contribution in [3.63, 3.8) is 0 Å². The molecular formula is C19H19ClN4OS. The van der Waals surface area contributed by atoms with Crippen molar-refractivity contribution in [1.82, 2.24) is 15.5 Å². The molecule has 5 nitrogen and oxygen atoms in total. The Morgan fingerprint density at radius 1 is 1.35 bits per heavy atom. The summed E-state index contributed by atoms with van der Waals surface area (Å²) in [6.07, 6.45) is 0.916. The molecule has 0 aliphatic carbocycles. The second-order valence-corrected chi connectivity index (χ2v) is 7.84. The van der Waals surface area contributed by atoms with E-state index >= 15 is 0 Å². The van der Waals surface area contributed by atoms with E-state index in [1.54, 1.807) is 0 Å². The van der Waals surface area contributed by atoms with Gasteiger partial charge in [-0.1, -0.05) is 23.7 Å². The third-order valence-corrected chi connectivity index (χ3v) is 5.90. The average Bonchev–Trinajstić information content (AvgIpc) is 3.35. The molecule has 1 aliphatic rings. The monoisotopic (exact) mass is 386 g/mol. The van der Waals surface area contributed by atoms with E-state index in [1.807, 2.05) is 48.7 Å². The van der Waals surface area contributed by atoms with E-state index in [0.29, 0.717) is 5.02 Å². The zero-order valence-electron chi connectivity index (χ0n) is 14.3. The van der Waals surface area contributed by atoms with Gasteiger partial charge in [0, 0.05) is 30.2 Å². The molecule has 0 radical (unpaired) electrons. The van der Waals surface area contributed by atoms with Crippen LogP contribution in [0.3, 0.4) is 0 Å². The fourth-order valence-electron chi connectivity index (χ4n) is 3.19. The van der Waals surface area contributed by atoms with E-state index < -0.39 is 0 Å². The van der Waals surface area contributed by atoms with Crippen LogP contribution in [0.1, 0.15) is 21.7 Å². The van der Waals surface area contributed by atoms with Crippen LogP contribution in [0.2, 0.25) is 5.02 Å². The quantitative estimate of drug-likeness (QED) is 0.709. The molecule has 0 bridgehead atoms. The molecule has 1 atom stereocenters. The van der Waals surface area contributed by atoms with Gasteiger partial charge in [-0.05, 0) is 48.1 Å². The van der Waals surface area contributed by atoms with Crippen molar-refractivity contribution >= 4 is 34.7 Å². The van der Waals surface area contributed by atoms with Crippen molar-refractivity contribution < 1.29 is 4.79 Å². The second-order valence-electron chi connectivity index (χ2n) is 6.48. The van der Waals surface area contributed by atoms with E-state index in [0.717, 1.165) is 47.0 Å². The Kier molecular flexibility index (Phi) is 4.70. The largest absolute Gasteiger partial charge is 0.353 e. The fraction of sp³-hybridized carbons (Fsp3) is 0.263. The highest BCUT2D eigenvalue weighted by atomic mass is 35.5. The summed E-state index contributed by atoms with van der Waals surface area (Å²) in [5, 5.41) is 13.3. The number of halogens is 1. The van der Waals surface area contributed by atoms with Gasteiger partial charge in [-0.3, -0.25) is 9.89 Å². The van der Waals surface area contributed by atoms with Crippen LogP contribution < -0.4 is 10.2 Å². The number of aromatic nitrogens is 2. The number of carbonyl (C=O) groups is 1. The summed E-state index contributed by atoms with van der Waals surface area (Å²) in [7, 11) is 0. The second kappa shape index (κ2) is 7.13. The molecule has 1 unspecified atom stereocenters. The number of H-pyrrole nitrogens is 1. The predicted octanol–water partition coefficient (Wildman–Crippen LogP) is 4.11. The number of aromatic amines is 1. The Balaban J connectivity index is 1.40. The molecule has 4 rings (SSSR count). The number of hydrogen-bond acceptors (Lipinski definition) is 4.